The van der Waals surface area contributed by atoms with E-state index in [1.807, 2.05) is 0 Å². The third-order valence-corrected chi connectivity index (χ3v) is 4.44. The Balaban J connectivity index is 1.55. The van der Waals surface area contributed by atoms with Crippen molar-refractivity contribution in [1.82, 2.24) is 20.5 Å². The lowest BCUT2D eigenvalue weighted by Gasteiger charge is -2.09. The molecule has 138 valence electrons. The summed E-state index contributed by atoms with van der Waals surface area (Å²) in [6.45, 7) is 0. The Bertz CT molecular complexity index is 791. The summed E-state index contributed by atoms with van der Waals surface area (Å²) in [5.41, 5.74) is 1.70. The van der Waals surface area contributed by atoms with Crippen molar-refractivity contribution in [2.75, 3.05) is 12.4 Å². The summed E-state index contributed by atoms with van der Waals surface area (Å²) in [6.07, 6.45) is 3.17. The number of carbonyl (C=O) groups excluding carboxylic acids is 1. The fourth-order valence-corrected chi connectivity index (χ4v) is 3.22. The Hall–Kier alpha value is -3.10. The van der Waals surface area contributed by atoms with E-state index in [0.29, 0.717) is 11.7 Å². The Labute approximate surface area is 150 Å². The standard InChI is InChI=1S/C17H21N5O4/c1-26-16-7-10(4-5-18-16)6-15(23)20-14-9-13(21-22-14)11-2-3-12(8-11)19-17(24)25/h4-5,7,9,11-12,19H,2-3,6,8H2,1H3,(H,24,25)(H2,20,21,22,23)/t11-,12?/m1/s1. The van der Waals surface area contributed by atoms with E-state index in [0.717, 1.165) is 30.5 Å². The minimum atomic E-state index is -0.999. The minimum Gasteiger partial charge on any atom is -0.481 e. The Morgan fingerprint density at radius 3 is 3.00 bits per heavy atom. The SMILES string of the molecule is COc1cc(CC(=O)Nc2cc([C@@H]3CCC(NC(=O)O)C3)[nH]n2)ccn1. The van der Waals surface area contributed by atoms with Crippen LogP contribution in [0.2, 0.25) is 0 Å². The number of pyridine rings is 1. The number of carbonyl (C=O) groups is 2. The van der Waals surface area contributed by atoms with Gasteiger partial charge in [-0.25, -0.2) is 9.78 Å². The summed E-state index contributed by atoms with van der Waals surface area (Å²) in [6, 6.07) is 5.23. The second-order valence-corrected chi connectivity index (χ2v) is 6.30. The first kappa shape index (κ1) is 17.7. The fourth-order valence-electron chi connectivity index (χ4n) is 3.22. The third kappa shape index (κ3) is 4.50. The molecule has 0 bridgehead atoms. The van der Waals surface area contributed by atoms with Crippen LogP contribution in [0.3, 0.4) is 0 Å². The number of hydrogen-bond donors (Lipinski definition) is 4. The first-order chi connectivity index (χ1) is 12.5. The van der Waals surface area contributed by atoms with Crippen molar-refractivity contribution in [2.24, 2.45) is 0 Å². The molecule has 2 aromatic heterocycles. The lowest BCUT2D eigenvalue weighted by Crippen LogP contribution is -2.31. The number of aromatic amines is 1. The zero-order valence-electron chi connectivity index (χ0n) is 14.4. The highest BCUT2D eigenvalue weighted by atomic mass is 16.5. The van der Waals surface area contributed by atoms with E-state index in [2.05, 4.69) is 25.8 Å². The molecule has 1 fully saturated rings. The van der Waals surface area contributed by atoms with Gasteiger partial charge in [0.25, 0.3) is 0 Å². The molecule has 0 radical (unpaired) electrons. The van der Waals surface area contributed by atoms with Gasteiger partial charge >= 0.3 is 6.09 Å². The van der Waals surface area contributed by atoms with Crippen LogP contribution in [-0.2, 0) is 11.2 Å². The highest BCUT2D eigenvalue weighted by Crippen LogP contribution is 2.34. The van der Waals surface area contributed by atoms with E-state index in [4.69, 9.17) is 9.84 Å². The van der Waals surface area contributed by atoms with E-state index >= 15 is 0 Å². The lowest BCUT2D eigenvalue weighted by molar-refractivity contribution is -0.115. The number of hydrogen-bond acceptors (Lipinski definition) is 5. The van der Waals surface area contributed by atoms with Crippen LogP contribution in [0, 0.1) is 0 Å². The molecule has 26 heavy (non-hydrogen) atoms. The van der Waals surface area contributed by atoms with E-state index in [-0.39, 0.29) is 24.3 Å². The third-order valence-electron chi connectivity index (χ3n) is 4.44. The van der Waals surface area contributed by atoms with Gasteiger partial charge in [0.2, 0.25) is 11.8 Å². The summed E-state index contributed by atoms with van der Waals surface area (Å²) < 4.78 is 5.05. The van der Waals surface area contributed by atoms with Crippen molar-refractivity contribution in [3.8, 4) is 5.88 Å². The van der Waals surface area contributed by atoms with E-state index in [9.17, 15) is 9.59 Å². The van der Waals surface area contributed by atoms with Crippen LogP contribution in [0.1, 0.15) is 36.4 Å². The van der Waals surface area contributed by atoms with Crippen LogP contribution < -0.4 is 15.4 Å². The molecule has 2 amide bonds. The minimum absolute atomic E-state index is 0.0412. The van der Waals surface area contributed by atoms with E-state index < -0.39 is 6.09 Å². The first-order valence-corrected chi connectivity index (χ1v) is 8.37. The van der Waals surface area contributed by atoms with Gasteiger partial charge in [-0.05, 0) is 30.9 Å². The van der Waals surface area contributed by atoms with Gasteiger partial charge in [-0.1, -0.05) is 0 Å². The predicted molar refractivity (Wildman–Crippen MR) is 93.3 cm³/mol. The first-order valence-electron chi connectivity index (χ1n) is 8.37. The highest BCUT2D eigenvalue weighted by molar-refractivity contribution is 5.91. The molecule has 9 nitrogen and oxygen atoms in total. The number of ether oxygens (including phenoxy) is 1. The lowest BCUT2D eigenvalue weighted by atomic mass is 10.0. The van der Waals surface area contributed by atoms with Crippen LogP contribution in [0.5, 0.6) is 5.88 Å². The molecule has 1 unspecified atom stereocenters. The van der Waals surface area contributed by atoms with Crippen molar-refractivity contribution in [3.05, 3.63) is 35.7 Å². The van der Waals surface area contributed by atoms with E-state index in [1.54, 1.807) is 24.4 Å². The monoisotopic (exact) mass is 359 g/mol. The second-order valence-electron chi connectivity index (χ2n) is 6.30. The van der Waals surface area contributed by atoms with Crippen LogP contribution in [-0.4, -0.2) is 45.4 Å². The smallest absolute Gasteiger partial charge is 0.404 e. The summed E-state index contributed by atoms with van der Waals surface area (Å²) in [5, 5.41) is 21.1. The average molecular weight is 359 g/mol. The van der Waals surface area contributed by atoms with Gasteiger partial charge in [-0.15, -0.1) is 0 Å². The van der Waals surface area contributed by atoms with Crippen LogP contribution >= 0.6 is 0 Å². The van der Waals surface area contributed by atoms with Crippen LogP contribution in [0.25, 0.3) is 0 Å². The molecule has 0 aromatic carbocycles. The van der Waals surface area contributed by atoms with Crippen molar-refractivity contribution in [2.45, 2.75) is 37.6 Å². The largest absolute Gasteiger partial charge is 0.481 e. The van der Waals surface area contributed by atoms with Gasteiger partial charge < -0.3 is 20.5 Å². The number of carboxylic acid groups (broad SMARTS) is 1. The molecule has 1 aliphatic rings. The number of rotatable bonds is 6. The zero-order chi connectivity index (χ0) is 18.5. The molecular formula is C17H21N5O4. The summed E-state index contributed by atoms with van der Waals surface area (Å²) in [4.78, 5) is 26.9. The fraction of sp³-hybridized carbons (Fsp3) is 0.412. The molecule has 4 N–H and O–H groups in total. The molecule has 2 aromatic rings. The van der Waals surface area contributed by atoms with Crippen LogP contribution in [0.4, 0.5) is 10.6 Å². The quantitative estimate of drug-likeness (QED) is 0.623. The molecule has 9 heteroatoms. The maximum Gasteiger partial charge on any atom is 0.404 e. The van der Waals surface area contributed by atoms with Crippen molar-refractivity contribution < 1.29 is 19.4 Å². The van der Waals surface area contributed by atoms with Crippen molar-refractivity contribution in [1.29, 1.82) is 0 Å². The molecule has 1 saturated carbocycles. The Morgan fingerprint density at radius 1 is 1.38 bits per heavy atom. The van der Waals surface area contributed by atoms with E-state index in [1.165, 1.54) is 7.11 Å². The highest BCUT2D eigenvalue weighted by Gasteiger charge is 2.28. The number of anilines is 1. The molecule has 3 rings (SSSR count). The zero-order valence-corrected chi connectivity index (χ0v) is 14.4. The molecule has 2 heterocycles. The summed E-state index contributed by atoms with van der Waals surface area (Å²) >= 11 is 0. The van der Waals surface area contributed by atoms with Gasteiger partial charge in [0, 0.05) is 36.0 Å². The van der Waals surface area contributed by atoms with Gasteiger partial charge in [0.15, 0.2) is 5.82 Å². The normalized spacial score (nSPS) is 19.1. The summed E-state index contributed by atoms with van der Waals surface area (Å²) in [7, 11) is 1.52. The molecule has 0 saturated heterocycles. The van der Waals surface area contributed by atoms with Crippen molar-refractivity contribution in [3.63, 3.8) is 0 Å². The number of H-pyrrole nitrogens is 1. The number of amides is 2. The Kier molecular flexibility index (Phi) is 5.35. The molecule has 1 aliphatic carbocycles. The number of methoxy groups -OCH3 is 1. The predicted octanol–water partition coefficient (Wildman–Crippen LogP) is 1.90. The molecule has 2 atom stereocenters. The second kappa shape index (κ2) is 7.85. The number of nitrogens with zero attached hydrogens (tertiary/aromatic N) is 2. The van der Waals surface area contributed by atoms with Gasteiger partial charge in [-0.3, -0.25) is 9.89 Å². The Morgan fingerprint density at radius 2 is 2.23 bits per heavy atom. The maximum absolute atomic E-state index is 12.2. The summed E-state index contributed by atoms with van der Waals surface area (Å²) in [5.74, 6) is 0.936. The van der Waals surface area contributed by atoms with Crippen LogP contribution in [0.15, 0.2) is 24.4 Å². The molecule has 0 spiro atoms. The average Bonchev–Trinajstić information content (AvgIpc) is 3.23. The topological polar surface area (TPSA) is 129 Å². The van der Waals surface area contributed by atoms with Crippen molar-refractivity contribution >= 4 is 17.8 Å². The number of nitrogens with one attached hydrogen (secondary N) is 3. The molecular weight excluding hydrogens is 338 g/mol. The van der Waals surface area contributed by atoms with Gasteiger partial charge in [-0.2, -0.15) is 5.10 Å². The molecule has 0 aliphatic heterocycles. The van der Waals surface area contributed by atoms with Gasteiger partial charge in [0.1, 0.15) is 0 Å². The van der Waals surface area contributed by atoms with Gasteiger partial charge in [0.05, 0.1) is 13.5 Å². The maximum atomic E-state index is 12.2. The number of aromatic nitrogens is 3.